The summed E-state index contributed by atoms with van der Waals surface area (Å²) in [5.41, 5.74) is 8.21. The Morgan fingerprint density at radius 2 is 1.88 bits per heavy atom. The number of H-pyrrole nitrogens is 1. The molecule has 1 amide bonds. The Morgan fingerprint density at radius 3 is 2.59 bits per heavy atom. The SMILES string of the molecule is NC(=O)c1cc(-c2cccc(C(F)(F)F)c2)nc2c1[nH]c1cc(N3CCOCC3)ccc12. The lowest BCUT2D eigenvalue weighted by Crippen LogP contribution is -2.36. The van der Waals surface area contributed by atoms with Crippen molar-refractivity contribution in [1.82, 2.24) is 9.97 Å². The van der Waals surface area contributed by atoms with Gasteiger partial charge in [0.25, 0.3) is 5.91 Å². The van der Waals surface area contributed by atoms with Crippen LogP contribution in [-0.2, 0) is 10.9 Å². The second kappa shape index (κ2) is 7.52. The number of benzene rings is 2. The first-order valence-electron chi connectivity index (χ1n) is 10.1. The number of primary amides is 1. The molecule has 0 radical (unpaired) electrons. The fourth-order valence-electron chi connectivity index (χ4n) is 4.06. The minimum Gasteiger partial charge on any atom is -0.378 e. The summed E-state index contributed by atoms with van der Waals surface area (Å²) >= 11 is 0. The highest BCUT2D eigenvalue weighted by Gasteiger charge is 2.30. The molecule has 6 nitrogen and oxygen atoms in total. The van der Waals surface area contributed by atoms with Crippen LogP contribution in [0, 0.1) is 0 Å². The third-order valence-corrected chi connectivity index (χ3v) is 5.66. The van der Waals surface area contributed by atoms with E-state index in [1.807, 2.05) is 18.2 Å². The number of carbonyl (C=O) groups excluding carboxylic acids is 1. The number of anilines is 1. The summed E-state index contributed by atoms with van der Waals surface area (Å²) in [6.45, 7) is 2.85. The van der Waals surface area contributed by atoms with Crippen LogP contribution in [0.5, 0.6) is 0 Å². The first kappa shape index (κ1) is 20.3. The predicted molar refractivity (Wildman–Crippen MR) is 116 cm³/mol. The second-order valence-corrected chi connectivity index (χ2v) is 7.68. The molecule has 1 aliphatic heterocycles. The Kier molecular flexibility index (Phi) is 4.78. The Labute approximate surface area is 180 Å². The number of halogens is 3. The highest BCUT2D eigenvalue weighted by molar-refractivity contribution is 6.14. The van der Waals surface area contributed by atoms with Crippen molar-refractivity contribution < 1.29 is 22.7 Å². The number of alkyl halides is 3. The van der Waals surface area contributed by atoms with Crippen molar-refractivity contribution in [3.63, 3.8) is 0 Å². The van der Waals surface area contributed by atoms with Crippen LogP contribution >= 0.6 is 0 Å². The van der Waals surface area contributed by atoms with Crippen LogP contribution in [0.2, 0.25) is 0 Å². The first-order valence-corrected chi connectivity index (χ1v) is 10.1. The fourth-order valence-corrected chi connectivity index (χ4v) is 4.06. The van der Waals surface area contributed by atoms with E-state index in [0.717, 1.165) is 41.8 Å². The van der Waals surface area contributed by atoms with Gasteiger partial charge in [0.05, 0.1) is 46.6 Å². The summed E-state index contributed by atoms with van der Waals surface area (Å²) in [5, 5.41) is 0.758. The number of fused-ring (bicyclic) bond motifs is 3. The van der Waals surface area contributed by atoms with E-state index in [0.29, 0.717) is 24.2 Å². The maximum atomic E-state index is 13.2. The lowest BCUT2D eigenvalue weighted by atomic mass is 10.0. The molecule has 9 heteroatoms. The largest absolute Gasteiger partial charge is 0.416 e. The molecule has 0 bridgehead atoms. The maximum Gasteiger partial charge on any atom is 0.416 e. The number of amides is 1. The van der Waals surface area contributed by atoms with E-state index in [-0.39, 0.29) is 16.8 Å². The number of aromatic nitrogens is 2. The average Bonchev–Trinajstić information content (AvgIpc) is 3.16. The minimum atomic E-state index is -4.48. The summed E-state index contributed by atoms with van der Waals surface area (Å²) < 4.78 is 45.0. The van der Waals surface area contributed by atoms with Crippen molar-refractivity contribution >= 4 is 33.5 Å². The Balaban J connectivity index is 1.68. The summed E-state index contributed by atoms with van der Waals surface area (Å²) in [6.07, 6.45) is -4.48. The normalized spacial score (nSPS) is 14.9. The lowest BCUT2D eigenvalue weighted by molar-refractivity contribution is -0.137. The first-order chi connectivity index (χ1) is 15.3. The monoisotopic (exact) mass is 440 g/mol. The zero-order chi connectivity index (χ0) is 22.5. The molecular weight excluding hydrogens is 421 g/mol. The van der Waals surface area contributed by atoms with E-state index in [9.17, 15) is 18.0 Å². The number of carbonyl (C=O) groups is 1. The molecule has 5 rings (SSSR count). The number of pyridine rings is 1. The zero-order valence-corrected chi connectivity index (χ0v) is 16.9. The summed E-state index contributed by atoms with van der Waals surface area (Å²) in [4.78, 5) is 22.2. The maximum absolute atomic E-state index is 13.2. The van der Waals surface area contributed by atoms with Crippen LogP contribution in [-0.4, -0.2) is 42.2 Å². The van der Waals surface area contributed by atoms with Crippen molar-refractivity contribution in [2.45, 2.75) is 6.18 Å². The number of nitrogens with one attached hydrogen (secondary N) is 1. The van der Waals surface area contributed by atoms with E-state index in [2.05, 4.69) is 14.9 Å². The molecule has 1 saturated heterocycles. The third-order valence-electron chi connectivity index (χ3n) is 5.66. The highest BCUT2D eigenvalue weighted by atomic mass is 19.4. The Hall–Kier alpha value is -3.59. The van der Waals surface area contributed by atoms with Crippen molar-refractivity contribution in [2.24, 2.45) is 5.73 Å². The number of hydrogen-bond acceptors (Lipinski definition) is 4. The predicted octanol–water partition coefficient (Wildman–Crippen LogP) is 4.34. The van der Waals surface area contributed by atoms with E-state index in [1.54, 1.807) is 0 Å². The number of aromatic amines is 1. The van der Waals surface area contributed by atoms with E-state index < -0.39 is 17.6 Å². The molecule has 0 spiro atoms. The number of nitrogens with zero attached hydrogens (tertiary/aromatic N) is 2. The second-order valence-electron chi connectivity index (χ2n) is 7.68. The molecule has 164 valence electrons. The average molecular weight is 440 g/mol. The van der Waals surface area contributed by atoms with Gasteiger partial charge in [-0.1, -0.05) is 12.1 Å². The van der Waals surface area contributed by atoms with Crippen molar-refractivity contribution in [3.8, 4) is 11.3 Å². The van der Waals surface area contributed by atoms with E-state index in [4.69, 9.17) is 10.5 Å². The molecule has 2 aromatic carbocycles. The molecule has 0 atom stereocenters. The van der Waals surface area contributed by atoms with Crippen molar-refractivity contribution in [1.29, 1.82) is 0 Å². The van der Waals surface area contributed by atoms with Gasteiger partial charge in [-0.25, -0.2) is 4.98 Å². The van der Waals surface area contributed by atoms with Gasteiger partial charge >= 0.3 is 6.18 Å². The lowest BCUT2D eigenvalue weighted by Gasteiger charge is -2.28. The van der Waals surface area contributed by atoms with Gasteiger partial charge in [-0.15, -0.1) is 0 Å². The van der Waals surface area contributed by atoms with Gasteiger partial charge < -0.3 is 20.4 Å². The number of nitrogens with two attached hydrogens (primary N) is 1. The fraction of sp³-hybridized carbons (Fsp3) is 0.217. The van der Waals surface area contributed by atoms with Crippen LogP contribution in [0.3, 0.4) is 0 Å². The van der Waals surface area contributed by atoms with Crippen LogP contribution < -0.4 is 10.6 Å². The van der Waals surface area contributed by atoms with Gasteiger partial charge in [-0.2, -0.15) is 13.2 Å². The molecule has 3 N–H and O–H groups in total. The summed E-state index contributed by atoms with van der Waals surface area (Å²) in [7, 11) is 0. The molecular formula is C23H19F3N4O2. The molecule has 0 aliphatic carbocycles. The highest BCUT2D eigenvalue weighted by Crippen LogP contribution is 2.35. The quantitative estimate of drug-likeness (QED) is 0.497. The van der Waals surface area contributed by atoms with E-state index >= 15 is 0 Å². The molecule has 2 aromatic heterocycles. The Bertz CT molecular complexity index is 1340. The number of rotatable bonds is 3. The summed E-state index contributed by atoms with van der Waals surface area (Å²) in [5.74, 6) is -0.689. The molecule has 1 aliphatic rings. The third kappa shape index (κ3) is 3.54. The minimum absolute atomic E-state index is 0.173. The number of morpholine rings is 1. The molecule has 32 heavy (non-hydrogen) atoms. The molecule has 4 aromatic rings. The van der Waals surface area contributed by atoms with Gasteiger partial charge in [-0.05, 0) is 36.4 Å². The Morgan fingerprint density at radius 1 is 1.09 bits per heavy atom. The van der Waals surface area contributed by atoms with Crippen LogP contribution in [0.25, 0.3) is 33.2 Å². The van der Waals surface area contributed by atoms with Gasteiger partial charge in [0, 0.05) is 29.7 Å². The van der Waals surface area contributed by atoms with Gasteiger partial charge in [0.1, 0.15) is 0 Å². The smallest absolute Gasteiger partial charge is 0.378 e. The van der Waals surface area contributed by atoms with Crippen molar-refractivity contribution in [2.75, 3.05) is 31.2 Å². The topological polar surface area (TPSA) is 84.2 Å². The van der Waals surface area contributed by atoms with Gasteiger partial charge in [-0.3, -0.25) is 4.79 Å². The molecule has 0 saturated carbocycles. The van der Waals surface area contributed by atoms with Crippen LogP contribution in [0.1, 0.15) is 15.9 Å². The van der Waals surface area contributed by atoms with Gasteiger partial charge in [0.2, 0.25) is 0 Å². The molecule has 3 heterocycles. The van der Waals surface area contributed by atoms with Crippen molar-refractivity contribution in [3.05, 3.63) is 59.7 Å². The van der Waals surface area contributed by atoms with E-state index in [1.165, 1.54) is 18.2 Å². The number of hydrogen-bond donors (Lipinski definition) is 2. The molecule has 1 fully saturated rings. The summed E-state index contributed by atoms with van der Waals surface area (Å²) in [6, 6.07) is 12.1. The standard InChI is InChI=1S/C23H19F3N4O2/c24-23(25,26)14-3-1-2-13(10-14)18-12-17(22(27)31)21-20(28-18)16-5-4-15(11-19(16)29-21)30-6-8-32-9-7-30/h1-5,10-12,29H,6-9H2,(H2,27,31). The van der Waals surface area contributed by atoms with Gasteiger partial charge in [0.15, 0.2) is 0 Å². The number of ether oxygens (including phenoxy) is 1. The molecule has 0 unspecified atom stereocenters. The zero-order valence-electron chi connectivity index (χ0n) is 16.9. The van der Waals surface area contributed by atoms with Crippen LogP contribution in [0.15, 0.2) is 48.5 Å². The van der Waals surface area contributed by atoms with Crippen LogP contribution in [0.4, 0.5) is 18.9 Å².